The monoisotopic (exact) mass is 503 g/mol. The lowest BCUT2D eigenvalue weighted by atomic mass is 9.87. The number of carbonyl (C=O) groups excluding carboxylic acids is 2. The van der Waals surface area contributed by atoms with Gasteiger partial charge in [0.1, 0.15) is 12.0 Å². The Kier molecular flexibility index (Phi) is 7.84. The number of hydrogen-bond donors (Lipinski definition) is 1. The fraction of sp³-hybridized carbons (Fsp3) is 0.414. The minimum Gasteiger partial charge on any atom is -0.484 e. The first-order valence-corrected chi connectivity index (χ1v) is 13.0. The number of benzene rings is 2. The summed E-state index contributed by atoms with van der Waals surface area (Å²) in [5.74, 6) is 1.04. The smallest absolute Gasteiger partial charge is 0.273 e. The van der Waals surface area contributed by atoms with Crippen molar-refractivity contribution in [1.82, 2.24) is 15.2 Å². The van der Waals surface area contributed by atoms with Crippen molar-refractivity contribution in [3.8, 4) is 5.75 Å². The Morgan fingerprint density at radius 3 is 2.73 bits per heavy atom. The zero-order valence-corrected chi connectivity index (χ0v) is 21.2. The van der Waals surface area contributed by atoms with Crippen molar-refractivity contribution in [1.29, 1.82) is 0 Å². The molecule has 1 fully saturated rings. The zero-order valence-electron chi connectivity index (χ0n) is 21.2. The first kappa shape index (κ1) is 25.0. The summed E-state index contributed by atoms with van der Waals surface area (Å²) in [5, 5.41) is 2.72. The summed E-state index contributed by atoms with van der Waals surface area (Å²) in [6.45, 7) is 1.62. The molecule has 1 saturated carbocycles. The second-order valence-electron chi connectivity index (χ2n) is 9.60. The Labute approximate surface area is 217 Å². The molecular weight excluding hydrogens is 470 g/mol. The fourth-order valence-corrected chi connectivity index (χ4v) is 5.31. The number of rotatable bonds is 9. The number of nitrogens with one attached hydrogen (secondary N) is 1. The van der Waals surface area contributed by atoms with Gasteiger partial charge in [0.2, 0.25) is 11.8 Å². The zero-order chi connectivity index (χ0) is 25.6. The van der Waals surface area contributed by atoms with E-state index in [1.165, 1.54) is 11.8 Å². The van der Waals surface area contributed by atoms with Crippen LogP contribution in [0.4, 0.5) is 0 Å². The first-order valence-electron chi connectivity index (χ1n) is 13.0. The van der Waals surface area contributed by atoms with Gasteiger partial charge in [0.15, 0.2) is 12.3 Å². The normalized spacial score (nSPS) is 17.4. The van der Waals surface area contributed by atoms with Crippen LogP contribution in [0, 0.1) is 5.92 Å². The maximum Gasteiger partial charge on any atom is 0.273 e. The molecule has 1 N–H and O–H groups in total. The average Bonchev–Trinajstić information content (AvgIpc) is 3.64. The van der Waals surface area contributed by atoms with E-state index in [2.05, 4.69) is 33.4 Å². The topological polar surface area (TPSA) is 93.9 Å². The van der Waals surface area contributed by atoms with Crippen molar-refractivity contribution in [2.45, 2.75) is 44.8 Å². The standard InChI is InChI=1S/C29H33N3O5/c1-35-16-14-30-28(33)25-18-37-26(31-25)19-36-23-12-11-20-13-15-32(29(34)22-9-5-6-10-22)27(24(20)17-23)21-7-3-2-4-8-21/h2-4,7-8,11-12,17-18,22,27H,5-6,9-10,13-16,19H2,1H3,(H,30,33). The molecule has 1 aliphatic carbocycles. The van der Waals surface area contributed by atoms with Gasteiger partial charge in [-0.2, -0.15) is 0 Å². The molecule has 5 rings (SSSR count). The van der Waals surface area contributed by atoms with Gasteiger partial charge in [-0.1, -0.05) is 49.2 Å². The highest BCUT2D eigenvalue weighted by Crippen LogP contribution is 2.39. The molecule has 1 unspecified atom stereocenters. The molecular formula is C29H33N3O5. The predicted molar refractivity (Wildman–Crippen MR) is 137 cm³/mol. The lowest BCUT2D eigenvalue weighted by Crippen LogP contribution is -2.43. The van der Waals surface area contributed by atoms with Crippen LogP contribution in [0.15, 0.2) is 59.2 Å². The quantitative estimate of drug-likeness (QED) is 0.438. The van der Waals surface area contributed by atoms with Crippen molar-refractivity contribution in [3.05, 3.63) is 83.1 Å². The van der Waals surface area contributed by atoms with Crippen LogP contribution in [0.25, 0.3) is 0 Å². The molecule has 2 heterocycles. The summed E-state index contributed by atoms with van der Waals surface area (Å²) in [6, 6.07) is 16.1. The third-order valence-electron chi connectivity index (χ3n) is 7.19. The summed E-state index contributed by atoms with van der Waals surface area (Å²) >= 11 is 0. The van der Waals surface area contributed by atoms with Crippen LogP contribution >= 0.6 is 0 Å². The van der Waals surface area contributed by atoms with Crippen molar-refractivity contribution >= 4 is 11.8 Å². The van der Waals surface area contributed by atoms with Crippen molar-refractivity contribution in [2.24, 2.45) is 5.92 Å². The number of carbonyl (C=O) groups is 2. The van der Waals surface area contributed by atoms with E-state index in [1.807, 2.05) is 30.3 Å². The summed E-state index contributed by atoms with van der Waals surface area (Å²) in [6.07, 6.45) is 6.37. The number of fused-ring (bicyclic) bond motifs is 1. The molecule has 8 nitrogen and oxygen atoms in total. The van der Waals surface area contributed by atoms with E-state index in [9.17, 15) is 9.59 Å². The molecule has 3 aromatic rings. The maximum absolute atomic E-state index is 13.6. The minimum atomic E-state index is -0.321. The van der Waals surface area contributed by atoms with E-state index in [0.717, 1.165) is 43.2 Å². The maximum atomic E-state index is 13.6. The number of amides is 2. The third-order valence-corrected chi connectivity index (χ3v) is 7.19. The highest BCUT2D eigenvalue weighted by Gasteiger charge is 2.36. The molecule has 0 saturated heterocycles. The highest BCUT2D eigenvalue weighted by atomic mass is 16.5. The lowest BCUT2D eigenvalue weighted by molar-refractivity contribution is -0.137. The van der Waals surface area contributed by atoms with Gasteiger partial charge in [0.25, 0.3) is 5.91 Å². The van der Waals surface area contributed by atoms with E-state index >= 15 is 0 Å². The lowest BCUT2D eigenvalue weighted by Gasteiger charge is -2.39. The van der Waals surface area contributed by atoms with Crippen molar-refractivity contribution in [3.63, 3.8) is 0 Å². The van der Waals surface area contributed by atoms with Gasteiger partial charge < -0.3 is 24.1 Å². The molecule has 37 heavy (non-hydrogen) atoms. The van der Waals surface area contributed by atoms with Gasteiger partial charge in [-0.3, -0.25) is 9.59 Å². The van der Waals surface area contributed by atoms with Gasteiger partial charge >= 0.3 is 0 Å². The molecule has 1 atom stereocenters. The number of nitrogens with zero attached hydrogens (tertiary/aromatic N) is 2. The Hall–Kier alpha value is -3.65. The van der Waals surface area contributed by atoms with Crippen molar-refractivity contribution < 1.29 is 23.5 Å². The van der Waals surface area contributed by atoms with Crippen LogP contribution in [0.1, 0.15) is 64.8 Å². The van der Waals surface area contributed by atoms with E-state index in [1.54, 1.807) is 7.11 Å². The van der Waals surface area contributed by atoms with Crippen LogP contribution in [-0.4, -0.2) is 48.5 Å². The summed E-state index contributed by atoms with van der Waals surface area (Å²) in [7, 11) is 1.57. The number of aromatic nitrogens is 1. The molecule has 0 radical (unpaired) electrons. The van der Waals surface area contributed by atoms with E-state index in [-0.39, 0.29) is 36.1 Å². The van der Waals surface area contributed by atoms with E-state index in [0.29, 0.717) is 31.3 Å². The Morgan fingerprint density at radius 2 is 1.95 bits per heavy atom. The SMILES string of the molecule is COCCNC(=O)c1coc(COc2ccc3c(c2)C(c2ccccc2)N(C(=O)C2CCCC2)CC3)n1. The second kappa shape index (κ2) is 11.6. The van der Waals surface area contributed by atoms with E-state index < -0.39 is 0 Å². The van der Waals surface area contributed by atoms with Crippen LogP contribution in [0.2, 0.25) is 0 Å². The summed E-state index contributed by atoms with van der Waals surface area (Å²) in [4.78, 5) is 32.0. The number of ether oxygens (including phenoxy) is 2. The van der Waals surface area contributed by atoms with Crippen molar-refractivity contribution in [2.75, 3.05) is 26.8 Å². The highest BCUT2D eigenvalue weighted by molar-refractivity contribution is 5.91. The predicted octanol–water partition coefficient (Wildman–Crippen LogP) is 4.29. The fourth-order valence-electron chi connectivity index (χ4n) is 5.31. The first-order chi connectivity index (χ1) is 18.1. The van der Waals surface area contributed by atoms with Gasteiger partial charge in [-0.25, -0.2) is 4.98 Å². The van der Waals surface area contributed by atoms with Crippen LogP contribution in [-0.2, 0) is 22.6 Å². The van der Waals surface area contributed by atoms with Crippen LogP contribution in [0.5, 0.6) is 5.75 Å². The van der Waals surface area contributed by atoms with Gasteiger partial charge in [0.05, 0.1) is 12.6 Å². The molecule has 8 heteroatoms. The van der Waals surface area contributed by atoms with Crippen LogP contribution in [0.3, 0.4) is 0 Å². The minimum absolute atomic E-state index is 0.0882. The Balaban J connectivity index is 1.34. The largest absolute Gasteiger partial charge is 0.484 e. The average molecular weight is 504 g/mol. The van der Waals surface area contributed by atoms with Crippen LogP contribution < -0.4 is 10.1 Å². The van der Waals surface area contributed by atoms with Gasteiger partial charge in [0, 0.05) is 26.1 Å². The molecule has 0 spiro atoms. The third kappa shape index (κ3) is 5.69. The summed E-state index contributed by atoms with van der Waals surface area (Å²) < 4.78 is 16.4. The van der Waals surface area contributed by atoms with Gasteiger partial charge in [-0.05, 0) is 48.1 Å². The molecule has 2 aromatic carbocycles. The summed E-state index contributed by atoms with van der Waals surface area (Å²) in [5.41, 5.74) is 3.61. The van der Waals surface area contributed by atoms with E-state index in [4.69, 9.17) is 13.9 Å². The van der Waals surface area contributed by atoms with Gasteiger partial charge in [-0.15, -0.1) is 0 Å². The number of hydrogen-bond acceptors (Lipinski definition) is 6. The molecule has 2 amide bonds. The molecule has 194 valence electrons. The number of methoxy groups -OCH3 is 1. The Bertz CT molecular complexity index is 1220. The molecule has 0 bridgehead atoms. The molecule has 2 aliphatic rings. The second-order valence-corrected chi connectivity index (χ2v) is 9.60. The molecule has 1 aliphatic heterocycles. The number of oxazole rings is 1. The Morgan fingerprint density at radius 1 is 1.14 bits per heavy atom. The molecule has 1 aromatic heterocycles.